The number of hydrogen-bond donors (Lipinski definition) is 1. The quantitative estimate of drug-likeness (QED) is 0.803. The van der Waals surface area contributed by atoms with Gasteiger partial charge < -0.3 is 5.32 Å². The van der Waals surface area contributed by atoms with E-state index in [1.807, 2.05) is 6.92 Å². The van der Waals surface area contributed by atoms with Gasteiger partial charge in [-0.2, -0.15) is 0 Å². The predicted octanol–water partition coefficient (Wildman–Crippen LogP) is 4.77. The number of anilines is 1. The van der Waals surface area contributed by atoms with Crippen LogP contribution in [0, 0.1) is 24.4 Å². The molecule has 1 N–H and O–H groups in total. The third-order valence-electron chi connectivity index (χ3n) is 4.04. The monoisotopic (exact) mass is 291 g/mol. The Hall–Kier alpha value is -1.97. The molecular weight excluding hydrogens is 275 g/mol. The summed E-state index contributed by atoms with van der Waals surface area (Å²) in [5.41, 5.74) is 2.80. The van der Waals surface area contributed by atoms with E-state index in [-0.39, 0.29) is 6.04 Å². The van der Waals surface area contributed by atoms with Crippen LogP contribution in [0.25, 0.3) is 0 Å². The number of halogens is 3. The molecule has 2 aromatic rings. The minimum Gasteiger partial charge on any atom is -0.382 e. The second kappa shape index (κ2) is 5.43. The summed E-state index contributed by atoms with van der Waals surface area (Å²) in [4.78, 5) is 0. The lowest BCUT2D eigenvalue weighted by molar-refractivity contribution is 0.373. The molecule has 0 radical (unpaired) electrons. The molecule has 1 aliphatic carbocycles. The van der Waals surface area contributed by atoms with Crippen molar-refractivity contribution in [3.8, 4) is 0 Å². The normalized spacial score (nSPS) is 21.0. The van der Waals surface area contributed by atoms with Gasteiger partial charge in [-0.3, -0.25) is 0 Å². The minimum absolute atomic E-state index is 0.167. The van der Waals surface area contributed by atoms with Gasteiger partial charge in [0.1, 0.15) is 0 Å². The van der Waals surface area contributed by atoms with Gasteiger partial charge in [-0.1, -0.05) is 29.8 Å². The Labute approximate surface area is 121 Å². The summed E-state index contributed by atoms with van der Waals surface area (Å²) in [7, 11) is 0. The summed E-state index contributed by atoms with van der Waals surface area (Å²) in [6, 6.07) is 10.6. The molecule has 0 aliphatic heterocycles. The molecule has 110 valence electrons. The molecule has 0 amide bonds. The fourth-order valence-corrected chi connectivity index (χ4v) is 2.72. The third-order valence-corrected chi connectivity index (χ3v) is 4.04. The third kappa shape index (κ3) is 2.89. The van der Waals surface area contributed by atoms with Crippen LogP contribution in [0.3, 0.4) is 0 Å². The van der Waals surface area contributed by atoms with E-state index in [2.05, 4.69) is 29.6 Å². The van der Waals surface area contributed by atoms with Gasteiger partial charge >= 0.3 is 0 Å². The largest absolute Gasteiger partial charge is 0.382 e. The molecule has 1 aliphatic rings. The smallest absolute Gasteiger partial charge is 0.194 e. The Morgan fingerprint density at radius 3 is 2.10 bits per heavy atom. The van der Waals surface area contributed by atoms with E-state index < -0.39 is 17.5 Å². The lowest BCUT2D eigenvalue weighted by atomic mass is 9.75. The van der Waals surface area contributed by atoms with Crippen LogP contribution in [-0.2, 0) is 0 Å². The highest BCUT2D eigenvalue weighted by molar-refractivity contribution is 5.46. The SMILES string of the molecule is Cc1ccc(C2CC(Nc3cc(F)c(F)c(F)c3)C2)cc1. The van der Waals surface area contributed by atoms with Crippen molar-refractivity contribution in [3.63, 3.8) is 0 Å². The molecule has 1 saturated carbocycles. The summed E-state index contributed by atoms with van der Waals surface area (Å²) in [5.74, 6) is -3.27. The van der Waals surface area contributed by atoms with Gasteiger partial charge in [0, 0.05) is 23.9 Å². The van der Waals surface area contributed by atoms with Crippen molar-refractivity contribution in [2.24, 2.45) is 0 Å². The van der Waals surface area contributed by atoms with Crippen molar-refractivity contribution < 1.29 is 13.2 Å². The van der Waals surface area contributed by atoms with Gasteiger partial charge in [0.25, 0.3) is 0 Å². The first-order valence-electron chi connectivity index (χ1n) is 7.00. The van der Waals surface area contributed by atoms with Crippen molar-refractivity contribution in [3.05, 3.63) is 65.0 Å². The zero-order valence-corrected chi connectivity index (χ0v) is 11.7. The van der Waals surface area contributed by atoms with Gasteiger partial charge in [0.05, 0.1) is 0 Å². The molecule has 0 spiro atoms. The number of aryl methyl sites for hydroxylation is 1. The average Bonchev–Trinajstić information content (AvgIpc) is 2.41. The maximum Gasteiger partial charge on any atom is 0.194 e. The first kappa shape index (κ1) is 14.0. The molecule has 0 atom stereocenters. The van der Waals surface area contributed by atoms with E-state index in [4.69, 9.17) is 0 Å². The van der Waals surface area contributed by atoms with Crippen LogP contribution in [0.4, 0.5) is 18.9 Å². The fourth-order valence-electron chi connectivity index (χ4n) is 2.72. The second-order valence-electron chi connectivity index (χ2n) is 5.67. The topological polar surface area (TPSA) is 12.0 Å². The highest BCUT2D eigenvalue weighted by Gasteiger charge is 2.30. The van der Waals surface area contributed by atoms with Gasteiger partial charge in [0.15, 0.2) is 17.5 Å². The molecule has 21 heavy (non-hydrogen) atoms. The van der Waals surface area contributed by atoms with Crippen LogP contribution in [0.15, 0.2) is 36.4 Å². The summed E-state index contributed by atoms with van der Waals surface area (Å²) >= 11 is 0. The average molecular weight is 291 g/mol. The first-order valence-corrected chi connectivity index (χ1v) is 7.00. The number of benzene rings is 2. The lowest BCUT2D eigenvalue weighted by Crippen LogP contribution is -2.34. The van der Waals surface area contributed by atoms with Crippen LogP contribution in [0.1, 0.15) is 29.9 Å². The highest BCUT2D eigenvalue weighted by Crippen LogP contribution is 2.38. The second-order valence-corrected chi connectivity index (χ2v) is 5.67. The van der Waals surface area contributed by atoms with Gasteiger partial charge in [-0.05, 0) is 31.2 Å². The Morgan fingerprint density at radius 2 is 1.52 bits per heavy atom. The van der Waals surface area contributed by atoms with Crippen molar-refractivity contribution in [1.29, 1.82) is 0 Å². The van der Waals surface area contributed by atoms with Crippen molar-refractivity contribution in [2.45, 2.75) is 31.7 Å². The van der Waals surface area contributed by atoms with E-state index in [9.17, 15) is 13.2 Å². The van der Waals surface area contributed by atoms with E-state index in [1.165, 1.54) is 11.1 Å². The minimum atomic E-state index is -1.42. The van der Waals surface area contributed by atoms with Gasteiger partial charge in [-0.25, -0.2) is 13.2 Å². The zero-order chi connectivity index (χ0) is 15.0. The first-order chi connectivity index (χ1) is 10.0. The van der Waals surface area contributed by atoms with E-state index >= 15 is 0 Å². The van der Waals surface area contributed by atoms with Gasteiger partial charge in [0.2, 0.25) is 0 Å². The van der Waals surface area contributed by atoms with E-state index in [1.54, 1.807) is 0 Å². The number of nitrogens with one attached hydrogen (secondary N) is 1. The molecular formula is C17H16F3N. The maximum atomic E-state index is 13.1. The molecule has 1 fully saturated rings. The van der Waals surface area contributed by atoms with Crippen LogP contribution in [-0.4, -0.2) is 6.04 Å². The summed E-state index contributed by atoms with van der Waals surface area (Å²) in [6.07, 6.45) is 1.81. The molecule has 0 heterocycles. The molecule has 0 saturated heterocycles. The van der Waals surface area contributed by atoms with Crippen LogP contribution >= 0.6 is 0 Å². The Kier molecular flexibility index (Phi) is 3.62. The summed E-state index contributed by atoms with van der Waals surface area (Å²) < 4.78 is 39.2. The fraction of sp³-hybridized carbons (Fsp3) is 0.294. The standard InChI is InChI=1S/C17H16F3N/c1-10-2-4-11(5-3-10)12-6-13(7-12)21-14-8-15(18)17(20)16(19)9-14/h2-5,8-9,12-13,21H,6-7H2,1H3. The predicted molar refractivity (Wildman–Crippen MR) is 76.9 cm³/mol. The van der Waals surface area contributed by atoms with Crippen molar-refractivity contribution in [1.82, 2.24) is 0 Å². The summed E-state index contributed by atoms with van der Waals surface area (Å²) in [6.45, 7) is 2.05. The van der Waals surface area contributed by atoms with E-state index in [0.29, 0.717) is 11.6 Å². The summed E-state index contributed by atoms with van der Waals surface area (Å²) in [5, 5.41) is 3.05. The highest BCUT2D eigenvalue weighted by atomic mass is 19.2. The van der Waals surface area contributed by atoms with Crippen LogP contribution in [0.5, 0.6) is 0 Å². The van der Waals surface area contributed by atoms with E-state index in [0.717, 1.165) is 25.0 Å². The number of hydrogen-bond acceptors (Lipinski definition) is 1. The molecule has 2 aromatic carbocycles. The Bertz CT molecular complexity index is 623. The molecule has 0 bridgehead atoms. The molecule has 3 rings (SSSR count). The van der Waals surface area contributed by atoms with Crippen molar-refractivity contribution >= 4 is 5.69 Å². The van der Waals surface area contributed by atoms with Crippen molar-refractivity contribution in [2.75, 3.05) is 5.32 Å². The molecule has 0 aromatic heterocycles. The lowest BCUT2D eigenvalue weighted by Gasteiger charge is -2.37. The van der Waals surface area contributed by atoms with Crippen LogP contribution in [0.2, 0.25) is 0 Å². The Morgan fingerprint density at radius 1 is 0.952 bits per heavy atom. The number of rotatable bonds is 3. The molecule has 4 heteroatoms. The zero-order valence-electron chi connectivity index (χ0n) is 11.7. The molecule has 1 nitrogen and oxygen atoms in total. The molecule has 0 unspecified atom stereocenters. The van der Waals surface area contributed by atoms with Gasteiger partial charge in [-0.15, -0.1) is 0 Å². The Balaban J connectivity index is 1.61. The maximum absolute atomic E-state index is 13.1. The van der Waals surface area contributed by atoms with Crippen LogP contribution < -0.4 is 5.32 Å².